The zero-order valence-electron chi connectivity index (χ0n) is 10.9. The van der Waals surface area contributed by atoms with Crippen LogP contribution in [0.4, 0.5) is 0 Å². The summed E-state index contributed by atoms with van der Waals surface area (Å²) in [6, 6.07) is 5.31. The van der Waals surface area contributed by atoms with Gasteiger partial charge in [0.05, 0.1) is 0 Å². The zero-order valence-corrected chi connectivity index (χ0v) is 11.6. The van der Waals surface area contributed by atoms with E-state index in [4.69, 9.17) is 26.6 Å². The molecule has 0 aliphatic carbocycles. The van der Waals surface area contributed by atoms with Crippen molar-refractivity contribution in [2.24, 2.45) is 0 Å². The molecule has 0 heterocycles. The molecule has 0 aliphatic heterocycles. The molecule has 6 nitrogen and oxygen atoms in total. The summed E-state index contributed by atoms with van der Waals surface area (Å²) in [6.07, 6.45) is -0.925. The molecule has 1 aromatic carbocycles. The first kappa shape index (κ1) is 16.3. The van der Waals surface area contributed by atoms with Crippen LogP contribution in [0.5, 0.6) is 5.75 Å². The van der Waals surface area contributed by atoms with Crippen molar-refractivity contribution >= 4 is 23.5 Å². The van der Waals surface area contributed by atoms with E-state index in [1.54, 1.807) is 24.3 Å². The molecule has 1 unspecified atom stereocenters. The van der Waals surface area contributed by atoms with Gasteiger partial charge in [-0.05, 0) is 31.2 Å². The van der Waals surface area contributed by atoms with E-state index in [1.807, 2.05) is 0 Å². The van der Waals surface area contributed by atoms with E-state index in [1.165, 1.54) is 6.92 Å². The Balaban J connectivity index is 2.57. The topological polar surface area (TPSA) is 95.9 Å². The first-order valence-electron chi connectivity index (χ1n) is 6.00. The van der Waals surface area contributed by atoms with Crippen LogP contribution in [0.2, 0.25) is 5.02 Å². The number of rotatable bonds is 7. The third-order valence-corrected chi connectivity index (χ3v) is 2.78. The average Bonchev–Trinajstić information content (AvgIpc) is 2.40. The van der Waals surface area contributed by atoms with Crippen LogP contribution in [0.3, 0.4) is 0 Å². The van der Waals surface area contributed by atoms with Crippen molar-refractivity contribution in [3.05, 3.63) is 29.3 Å². The number of carbonyl (C=O) groups excluding carboxylic acids is 1. The van der Waals surface area contributed by atoms with Crippen LogP contribution in [0.15, 0.2) is 24.3 Å². The highest BCUT2D eigenvalue weighted by molar-refractivity contribution is 6.30. The fourth-order valence-electron chi connectivity index (χ4n) is 1.45. The number of carbonyl (C=O) groups is 2. The number of amides is 1. The van der Waals surface area contributed by atoms with E-state index in [9.17, 15) is 9.59 Å². The molecule has 0 bridgehead atoms. The number of benzene rings is 1. The van der Waals surface area contributed by atoms with Gasteiger partial charge in [-0.3, -0.25) is 4.79 Å². The minimum absolute atomic E-state index is 0.0608. The van der Waals surface area contributed by atoms with Crippen molar-refractivity contribution in [3.63, 3.8) is 0 Å². The maximum atomic E-state index is 11.8. The van der Waals surface area contributed by atoms with E-state index in [0.29, 0.717) is 10.8 Å². The Morgan fingerprint density at radius 2 is 1.95 bits per heavy atom. The molecule has 7 heteroatoms. The van der Waals surface area contributed by atoms with Crippen molar-refractivity contribution in [3.8, 4) is 5.75 Å². The Morgan fingerprint density at radius 1 is 1.35 bits per heavy atom. The lowest BCUT2D eigenvalue weighted by Crippen LogP contribution is -2.46. The maximum Gasteiger partial charge on any atom is 0.326 e. The minimum atomic E-state index is -1.20. The second kappa shape index (κ2) is 7.72. The highest BCUT2D eigenvalue weighted by atomic mass is 35.5. The third-order valence-electron chi connectivity index (χ3n) is 2.53. The number of nitrogens with one attached hydrogen (secondary N) is 1. The summed E-state index contributed by atoms with van der Waals surface area (Å²) in [4.78, 5) is 22.7. The number of aliphatic hydroxyl groups excluding tert-OH is 1. The summed E-state index contributed by atoms with van der Waals surface area (Å²) in [5, 5.41) is 20.5. The second-order valence-corrected chi connectivity index (χ2v) is 4.56. The summed E-state index contributed by atoms with van der Waals surface area (Å²) in [6.45, 7) is 1.17. The molecular weight excluding hydrogens is 286 g/mol. The average molecular weight is 302 g/mol. The highest BCUT2D eigenvalue weighted by Crippen LogP contribution is 2.16. The molecule has 0 spiro atoms. The lowest BCUT2D eigenvalue weighted by atomic mass is 10.2. The largest absolute Gasteiger partial charge is 0.481 e. The SMILES string of the molecule is CC(Oc1ccc(Cl)cc1)C(=O)N[C@H](CCO)C(=O)O. The number of ether oxygens (including phenoxy) is 1. The molecule has 2 atom stereocenters. The molecule has 3 N–H and O–H groups in total. The molecule has 20 heavy (non-hydrogen) atoms. The predicted octanol–water partition coefficient (Wildman–Crippen LogP) is 1.06. The van der Waals surface area contributed by atoms with Crippen LogP contribution in [-0.4, -0.2) is 40.8 Å². The van der Waals surface area contributed by atoms with Gasteiger partial charge in [-0.2, -0.15) is 0 Å². The van der Waals surface area contributed by atoms with Crippen LogP contribution >= 0.6 is 11.6 Å². The summed E-state index contributed by atoms with van der Waals surface area (Å²) in [5.74, 6) is -1.32. The van der Waals surface area contributed by atoms with Gasteiger partial charge in [-0.25, -0.2) is 4.79 Å². The quantitative estimate of drug-likeness (QED) is 0.700. The highest BCUT2D eigenvalue weighted by Gasteiger charge is 2.23. The van der Waals surface area contributed by atoms with Crippen LogP contribution in [-0.2, 0) is 9.59 Å². The van der Waals surface area contributed by atoms with E-state index in [-0.39, 0.29) is 13.0 Å². The van der Waals surface area contributed by atoms with E-state index in [2.05, 4.69) is 5.32 Å². The molecule has 0 aromatic heterocycles. The molecule has 0 saturated heterocycles. The van der Waals surface area contributed by atoms with Gasteiger partial charge in [0, 0.05) is 18.1 Å². The van der Waals surface area contributed by atoms with Gasteiger partial charge >= 0.3 is 5.97 Å². The van der Waals surface area contributed by atoms with Crippen LogP contribution < -0.4 is 10.1 Å². The van der Waals surface area contributed by atoms with Crippen LogP contribution in [0.1, 0.15) is 13.3 Å². The monoisotopic (exact) mass is 301 g/mol. The molecule has 0 aliphatic rings. The zero-order chi connectivity index (χ0) is 15.1. The van der Waals surface area contributed by atoms with Crippen molar-refractivity contribution in [1.29, 1.82) is 0 Å². The number of carboxylic acid groups (broad SMARTS) is 1. The fourth-order valence-corrected chi connectivity index (χ4v) is 1.57. The second-order valence-electron chi connectivity index (χ2n) is 4.13. The summed E-state index contributed by atoms with van der Waals surface area (Å²) in [7, 11) is 0. The first-order valence-corrected chi connectivity index (χ1v) is 6.38. The van der Waals surface area contributed by atoms with Crippen molar-refractivity contribution < 1.29 is 24.5 Å². The Hall–Kier alpha value is -1.79. The Kier molecular flexibility index (Phi) is 6.27. The summed E-state index contributed by atoms with van der Waals surface area (Å²) >= 11 is 5.73. The molecular formula is C13H16ClNO5. The Morgan fingerprint density at radius 3 is 2.45 bits per heavy atom. The molecule has 0 radical (unpaired) electrons. The van der Waals surface area contributed by atoms with E-state index >= 15 is 0 Å². The van der Waals surface area contributed by atoms with Crippen LogP contribution in [0, 0.1) is 0 Å². The third kappa shape index (κ3) is 5.07. The summed E-state index contributed by atoms with van der Waals surface area (Å²) in [5.41, 5.74) is 0. The van der Waals surface area contributed by atoms with Gasteiger partial charge in [0.15, 0.2) is 6.10 Å². The van der Waals surface area contributed by atoms with Crippen molar-refractivity contribution in [2.75, 3.05) is 6.61 Å². The minimum Gasteiger partial charge on any atom is -0.481 e. The standard InChI is InChI=1S/C13H16ClNO5/c1-8(20-10-4-2-9(14)3-5-10)12(17)15-11(6-7-16)13(18)19/h2-5,8,11,16H,6-7H2,1H3,(H,15,17)(H,18,19)/t8?,11-/m1/s1. The number of hydrogen-bond donors (Lipinski definition) is 3. The summed E-state index contributed by atoms with van der Waals surface area (Å²) < 4.78 is 5.36. The van der Waals surface area contributed by atoms with E-state index in [0.717, 1.165) is 0 Å². The van der Waals surface area contributed by atoms with Crippen molar-refractivity contribution in [1.82, 2.24) is 5.32 Å². The molecule has 1 aromatic rings. The van der Waals surface area contributed by atoms with Gasteiger partial charge in [-0.1, -0.05) is 11.6 Å². The number of aliphatic hydroxyl groups is 1. The lowest BCUT2D eigenvalue weighted by Gasteiger charge is -2.18. The fraction of sp³-hybridized carbons (Fsp3) is 0.385. The maximum absolute atomic E-state index is 11.8. The van der Waals surface area contributed by atoms with Gasteiger partial charge in [0.1, 0.15) is 11.8 Å². The molecule has 1 rings (SSSR count). The van der Waals surface area contributed by atoms with E-state index < -0.39 is 24.0 Å². The predicted molar refractivity (Wildman–Crippen MR) is 72.8 cm³/mol. The lowest BCUT2D eigenvalue weighted by molar-refractivity contribution is -0.143. The number of carboxylic acids is 1. The Bertz CT molecular complexity index is 462. The number of halogens is 1. The normalized spacial score (nSPS) is 13.3. The first-order chi connectivity index (χ1) is 9.43. The van der Waals surface area contributed by atoms with Crippen molar-refractivity contribution in [2.45, 2.75) is 25.5 Å². The van der Waals surface area contributed by atoms with Gasteiger partial charge in [0.2, 0.25) is 0 Å². The molecule has 0 saturated carbocycles. The Labute approximate surface area is 121 Å². The molecule has 1 amide bonds. The molecule has 0 fully saturated rings. The molecule has 110 valence electrons. The smallest absolute Gasteiger partial charge is 0.326 e. The van der Waals surface area contributed by atoms with Gasteiger partial charge in [-0.15, -0.1) is 0 Å². The van der Waals surface area contributed by atoms with Gasteiger partial charge in [0.25, 0.3) is 5.91 Å². The van der Waals surface area contributed by atoms with Gasteiger partial charge < -0.3 is 20.3 Å². The van der Waals surface area contributed by atoms with Crippen LogP contribution in [0.25, 0.3) is 0 Å². The number of hydrogen-bond acceptors (Lipinski definition) is 4. The number of aliphatic carboxylic acids is 1.